The average Bonchev–Trinajstić information content (AvgIpc) is 2.31. The topological polar surface area (TPSA) is 41.1 Å². The van der Waals surface area contributed by atoms with Crippen LogP contribution in [-0.4, -0.2) is 29.6 Å². The lowest BCUT2D eigenvalue weighted by atomic mass is 10.1. The van der Waals surface area contributed by atoms with E-state index in [0.717, 1.165) is 31.0 Å². The molecule has 1 heterocycles. The lowest BCUT2D eigenvalue weighted by Crippen LogP contribution is -2.28. The fourth-order valence-electron chi connectivity index (χ4n) is 1.75. The van der Waals surface area contributed by atoms with E-state index in [1.54, 1.807) is 6.33 Å². The Labute approximate surface area is 104 Å². The van der Waals surface area contributed by atoms with Crippen molar-refractivity contribution in [3.63, 3.8) is 0 Å². The average molecular weight is 236 g/mol. The second kappa shape index (κ2) is 6.42. The highest BCUT2D eigenvalue weighted by atomic mass is 15.2. The summed E-state index contributed by atoms with van der Waals surface area (Å²) >= 11 is 0. The first-order valence-electron chi connectivity index (χ1n) is 6.42. The van der Waals surface area contributed by atoms with Gasteiger partial charge in [0.2, 0.25) is 0 Å². The Kier molecular flexibility index (Phi) is 5.19. The number of nitrogens with zero attached hydrogens (tertiary/aromatic N) is 3. The fraction of sp³-hybridized carbons (Fsp3) is 0.692. The predicted molar refractivity (Wildman–Crippen MR) is 73.7 cm³/mol. The minimum absolute atomic E-state index is 0.440. The molecule has 4 nitrogen and oxygen atoms in total. The van der Waals surface area contributed by atoms with E-state index in [1.807, 2.05) is 0 Å². The lowest BCUT2D eigenvalue weighted by molar-refractivity contribution is 0.731. The van der Waals surface area contributed by atoms with E-state index in [0.29, 0.717) is 6.04 Å². The SMILES string of the molecule is CCCc1c(NCC)ncnc1N(C)C(C)C. The molecule has 0 saturated carbocycles. The molecule has 1 N–H and O–H groups in total. The first-order valence-corrected chi connectivity index (χ1v) is 6.42. The summed E-state index contributed by atoms with van der Waals surface area (Å²) < 4.78 is 0. The summed E-state index contributed by atoms with van der Waals surface area (Å²) in [6.45, 7) is 9.50. The monoisotopic (exact) mass is 236 g/mol. The normalized spacial score (nSPS) is 10.7. The van der Waals surface area contributed by atoms with Crippen LogP contribution in [0.5, 0.6) is 0 Å². The Balaban J connectivity index is 3.14. The maximum atomic E-state index is 4.44. The van der Waals surface area contributed by atoms with Crippen molar-refractivity contribution in [3.8, 4) is 0 Å². The summed E-state index contributed by atoms with van der Waals surface area (Å²) in [7, 11) is 2.09. The number of rotatable bonds is 6. The van der Waals surface area contributed by atoms with Gasteiger partial charge in [0.05, 0.1) is 0 Å². The van der Waals surface area contributed by atoms with E-state index in [-0.39, 0.29) is 0 Å². The maximum Gasteiger partial charge on any atom is 0.137 e. The molecule has 0 saturated heterocycles. The Hall–Kier alpha value is -1.32. The van der Waals surface area contributed by atoms with E-state index in [1.165, 1.54) is 5.56 Å². The van der Waals surface area contributed by atoms with Gasteiger partial charge in [0.15, 0.2) is 0 Å². The Bertz CT molecular complexity index is 349. The van der Waals surface area contributed by atoms with Crippen LogP contribution in [0.25, 0.3) is 0 Å². The van der Waals surface area contributed by atoms with Crippen LogP contribution in [0.15, 0.2) is 6.33 Å². The molecule has 0 aliphatic carbocycles. The van der Waals surface area contributed by atoms with Gasteiger partial charge >= 0.3 is 0 Å². The van der Waals surface area contributed by atoms with Crippen molar-refractivity contribution in [1.29, 1.82) is 0 Å². The summed E-state index contributed by atoms with van der Waals surface area (Å²) in [5.74, 6) is 2.03. The summed E-state index contributed by atoms with van der Waals surface area (Å²) in [6.07, 6.45) is 3.76. The molecule has 0 amide bonds. The minimum atomic E-state index is 0.440. The highest BCUT2D eigenvalue weighted by Crippen LogP contribution is 2.25. The van der Waals surface area contributed by atoms with Crippen molar-refractivity contribution in [2.24, 2.45) is 0 Å². The van der Waals surface area contributed by atoms with Gasteiger partial charge in [-0.05, 0) is 27.2 Å². The summed E-state index contributed by atoms with van der Waals surface area (Å²) in [4.78, 5) is 11.0. The van der Waals surface area contributed by atoms with Crippen LogP contribution in [0.4, 0.5) is 11.6 Å². The molecule has 1 rings (SSSR count). The van der Waals surface area contributed by atoms with E-state index < -0.39 is 0 Å². The zero-order valence-corrected chi connectivity index (χ0v) is 11.6. The van der Waals surface area contributed by atoms with Crippen LogP contribution in [0, 0.1) is 0 Å². The lowest BCUT2D eigenvalue weighted by Gasteiger charge is -2.26. The smallest absolute Gasteiger partial charge is 0.137 e. The third-order valence-corrected chi connectivity index (χ3v) is 2.88. The van der Waals surface area contributed by atoms with Crippen LogP contribution < -0.4 is 10.2 Å². The Morgan fingerprint density at radius 2 is 2.00 bits per heavy atom. The van der Waals surface area contributed by atoms with Crippen LogP contribution in [0.3, 0.4) is 0 Å². The van der Waals surface area contributed by atoms with Crippen LogP contribution in [0.2, 0.25) is 0 Å². The molecule has 0 spiro atoms. The fourth-order valence-corrected chi connectivity index (χ4v) is 1.75. The minimum Gasteiger partial charge on any atom is -0.370 e. The van der Waals surface area contributed by atoms with E-state index in [4.69, 9.17) is 0 Å². The third kappa shape index (κ3) is 3.32. The van der Waals surface area contributed by atoms with Gasteiger partial charge in [-0.2, -0.15) is 0 Å². The molecule has 17 heavy (non-hydrogen) atoms. The molecular formula is C13H24N4. The van der Waals surface area contributed by atoms with Crippen molar-refractivity contribution >= 4 is 11.6 Å². The van der Waals surface area contributed by atoms with Crippen molar-refractivity contribution in [2.75, 3.05) is 23.8 Å². The Morgan fingerprint density at radius 1 is 1.29 bits per heavy atom. The van der Waals surface area contributed by atoms with Crippen LogP contribution in [-0.2, 0) is 6.42 Å². The van der Waals surface area contributed by atoms with Crippen LogP contribution in [0.1, 0.15) is 39.7 Å². The molecule has 1 aromatic rings. The van der Waals surface area contributed by atoms with Crippen molar-refractivity contribution in [2.45, 2.75) is 46.6 Å². The molecule has 0 aromatic carbocycles. The number of aromatic nitrogens is 2. The van der Waals surface area contributed by atoms with Gasteiger partial charge in [-0.1, -0.05) is 13.3 Å². The third-order valence-electron chi connectivity index (χ3n) is 2.88. The quantitative estimate of drug-likeness (QED) is 0.824. The number of hydrogen-bond donors (Lipinski definition) is 1. The molecule has 1 aromatic heterocycles. The van der Waals surface area contributed by atoms with E-state index in [2.05, 4.69) is 54.9 Å². The van der Waals surface area contributed by atoms with Crippen molar-refractivity contribution < 1.29 is 0 Å². The molecule has 0 fully saturated rings. The molecule has 96 valence electrons. The van der Waals surface area contributed by atoms with Crippen LogP contribution >= 0.6 is 0 Å². The number of hydrogen-bond acceptors (Lipinski definition) is 4. The van der Waals surface area contributed by atoms with Gasteiger partial charge in [0, 0.05) is 25.2 Å². The largest absolute Gasteiger partial charge is 0.370 e. The first-order chi connectivity index (χ1) is 8.11. The number of nitrogens with one attached hydrogen (secondary N) is 1. The van der Waals surface area contributed by atoms with Gasteiger partial charge in [0.25, 0.3) is 0 Å². The molecule has 0 atom stereocenters. The highest BCUT2D eigenvalue weighted by Gasteiger charge is 2.15. The second-order valence-corrected chi connectivity index (χ2v) is 4.51. The van der Waals surface area contributed by atoms with Gasteiger partial charge in [-0.3, -0.25) is 0 Å². The maximum absolute atomic E-state index is 4.44. The summed E-state index contributed by atoms with van der Waals surface area (Å²) in [6, 6.07) is 0.440. The number of anilines is 2. The van der Waals surface area contributed by atoms with Gasteiger partial charge in [-0.15, -0.1) is 0 Å². The second-order valence-electron chi connectivity index (χ2n) is 4.51. The molecule has 0 bridgehead atoms. The zero-order chi connectivity index (χ0) is 12.8. The molecule has 0 radical (unpaired) electrons. The Morgan fingerprint density at radius 3 is 2.53 bits per heavy atom. The first kappa shape index (κ1) is 13.7. The predicted octanol–water partition coefficient (Wildman–Crippen LogP) is 2.71. The van der Waals surface area contributed by atoms with Gasteiger partial charge < -0.3 is 10.2 Å². The van der Waals surface area contributed by atoms with E-state index >= 15 is 0 Å². The van der Waals surface area contributed by atoms with Crippen molar-refractivity contribution in [1.82, 2.24) is 9.97 Å². The molecule has 0 aliphatic rings. The molecule has 0 unspecified atom stereocenters. The van der Waals surface area contributed by atoms with Gasteiger partial charge in [-0.25, -0.2) is 9.97 Å². The standard InChI is InChI=1S/C13H24N4/c1-6-8-11-12(14-7-2)15-9-16-13(11)17(5)10(3)4/h9-10H,6-8H2,1-5H3,(H,14,15,16). The summed E-state index contributed by atoms with van der Waals surface area (Å²) in [5.41, 5.74) is 1.23. The summed E-state index contributed by atoms with van der Waals surface area (Å²) in [5, 5.41) is 3.32. The zero-order valence-electron chi connectivity index (χ0n) is 11.6. The van der Waals surface area contributed by atoms with Gasteiger partial charge in [0.1, 0.15) is 18.0 Å². The molecule has 0 aliphatic heterocycles. The van der Waals surface area contributed by atoms with Crippen molar-refractivity contribution in [3.05, 3.63) is 11.9 Å². The molecular weight excluding hydrogens is 212 g/mol. The highest BCUT2D eigenvalue weighted by molar-refractivity contribution is 5.58. The molecule has 4 heteroatoms. The van der Waals surface area contributed by atoms with E-state index in [9.17, 15) is 0 Å².